The van der Waals surface area contributed by atoms with Gasteiger partial charge >= 0.3 is 0 Å². The molecule has 0 aliphatic heterocycles. The number of hydrogen-bond acceptors (Lipinski definition) is 5. The fourth-order valence-corrected chi connectivity index (χ4v) is 2.03. The normalized spacial score (nSPS) is 10.0. The van der Waals surface area contributed by atoms with E-state index in [-0.39, 0.29) is 16.5 Å². The molecule has 2 aromatic carbocycles. The number of nitro benzene ring substituents is 1. The van der Waals surface area contributed by atoms with Crippen LogP contribution < -0.4 is 9.84 Å². The van der Waals surface area contributed by atoms with Gasteiger partial charge in [0.2, 0.25) is 0 Å². The standard InChI is InChI=1S/C13H7Cl2NO5.C3H9S/c14-7-1-4-12(10(15)5-7)21-8-2-3-11(16(19)20)9(6-8)13(17)18;1-4(2)3/h1-6H,(H,17,18);1-3H3/q;+1/p-1. The van der Waals surface area contributed by atoms with Crippen molar-refractivity contribution in [2.24, 2.45) is 0 Å². The number of nitro groups is 1. The predicted octanol–water partition coefficient (Wildman–Crippen LogP) is 3.55. The summed E-state index contributed by atoms with van der Waals surface area (Å²) < 4.78 is 5.39. The summed E-state index contributed by atoms with van der Waals surface area (Å²) in [4.78, 5) is 20.8. The van der Waals surface area contributed by atoms with E-state index in [0.29, 0.717) is 15.9 Å². The monoisotopic (exact) mass is 403 g/mol. The average molecular weight is 404 g/mol. The van der Waals surface area contributed by atoms with E-state index >= 15 is 0 Å². The van der Waals surface area contributed by atoms with Gasteiger partial charge in [-0.3, -0.25) is 10.1 Å². The van der Waals surface area contributed by atoms with Gasteiger partial charge in [-0.25, -0.2) is 0 Å². The van der Waals surface area contributed by atoms with E-state index < -0.39 is 22.1 Å². The summed E-state index contributed by atoms with van der Waals surface area (Å²) in [5.41, 5.74) is -1.16. The summed E-state index contributed by atoms with van der Waals surface area (Å²) in [6, 6.07) is 7.75. The minimum absolute atomic E-state index is 0.0732. The number of benzene rings is 2. The van der Waals surface area contributed by atoms with E-state index in [1.54, 1.807) is 0 Å². The minimum atomic E-state index is -1.67. The van der Waals surface area contributed by atoms with Crippen molar-refractivity contribution < 1.29 is 19.6 Å². The van der Waals surface area contributed by atoms with Gasteiger partial charge in [-0.2, -0.15) is 0 Å². The van der Waals surface area contributed by atoms with Crippen LogP contribution in [0.5, 0.6) is 11.5 Å². The predicted molar refractivity (Wildman–Crippen MR) is 99.1 cm³/mol. The first-order valence-electron chi connectivity index (χ1n) is 6.73. The van der Waals surface area contributed by atoms with E-state index in [1.807, 2.05) is 0 Å². The number of aromatic carboxylic acids is 1. The highest BCUT2D eigenvalue weighted by Crippen LogP contribution is 2.33. The molecule has 0 atom stereocenters. The Hall–Kier alpha value is -1.96. The molecule has 2 rings (SSSR count). The Morgan fingerprint density at radius 1 is 1.12 bits per heavy atom. The maximum Gasteiger partial charge on any atom is 0.278 e. The van der Waals surface area contributed by atoms with Crippen LogP contribution >= 0.6 is 23.2 Å². The molecule has 0 bridgehead atoms. The second-order valence-corrected chi connectivity index (χ2v) is 8.42. The number of nitrogens with zero attached hydrogens (tertiary/aromatic N) is 1. The molecule has 2 aromatic rings. The number of halogens is 2. The molecule has 134 valence electrons. The summed E-state index contributed by atoms with van der Waals surface area (Å²) in [6.07, 6.45) is 6.58. The van der Waals surface area contributed by atoms with Crippen molar-refractivity contribution in [1.82, 2.24) is 0 Å². The van der Waals surface area contributed by atoms with Crippen LogP contribution in [0.2, 0.25) is 10.0 Å². The molecule has 25 heavy (non-hydrogen) atoms. The fraction of sp³-hybridized carbons (Fsp3) is 0.188. The number of ether oxygens (including phenoxy) is 1. The zero-order valence-corrected chi connectivity index (χ0v) is 15.9. The van der Waals surface area contributed by atoms with Gasteiger partial charge in [0, 0.05) is 11.1 Å². The molecule has 0 amide bonds. The van der Waals surface area contributed by atoms with Crippen LogP contribution in [0.25, 0.3) is 0 Å². The lowest BCUT2D eigenvalue weighted by Crippen LogP contribution is -2.23. The van der Waals surface area contributed by atoms with Gasteiger partial charge in [0.05, 0.1) is 40.2 Å². The Labute approximate surface area is 157 Å². The molecule has 0 aliphatic carbocycles. The Morgan fingerprint density at radius 3 is 2.20 bits per heavy atom. The van der Waals surface area contributed by atoms with E-state index in [1.165, 1.54) is 24.3 Å². The number of carboxylic acids is 1. The van der Waals surface area contributed by atoms with Crippen LogP contribution in [-0.2, 0) is 10.9 Å². The molecule has 0 spiro atoms. The quantitative estimate of drug-likeness (QED) is 0.442. The van der Waals surface area contributed by atoms with Crippen molar-refractivity contribution in [2.45, 2.75) is 0 Å². The van der Waals surface area contributed by atoms with Crippen molar-refractivity contribution in [3.63, 3.8) is 0 Å². The molecule has 0 fully saturated rings. The number of rotatable bonds is 4. The Bertz CT molecular complexity index is 780. The van der Waals surface area contributed by atoms with Crippen LogP contribution in [0, 0.1) is 10.1 Å². The number of carbonyl (C=O) groups is 1. The van der Waals surface area contributed by atoms with Crippen LogP contribution in [0.3, 0.4) is 0 Å². The van der Waals surface area contributed by atoms with Crippen LogP contribution in [-0.4, -0.2) is 29.7 Å². The maximum absolute atomic E-state index is 10.9. The molecule has 0 saturated heterocycles. The number of carbonyl (C=O) groups excluding carboxylic acids is 1. The summed E-state index contributed by atoms with van der Waals surface area (Å²) >= 11 is 11.7. The zero-order chi connectivity index (χ0) is 19.1. The van der Waals surface area contributed by atoms with E-state index in [0.717, 1.165) is 12.1 Å². The maximum atomic E-state index is 10.9. The smallest absolute Gasteiger partial charge is 0.278 e. The van der Waals surface area contributed by atoms with E-state index in [4.69, 9.17) is 27.9 Å². The van der Waals surface area contributed by atoms with Gasteiger partial charge in [0.15, 0.2) is 0 Å². The lowest BCUT2D eigenvalue weighted by molar-refractivity contribution is -0.385. The molecule has 0 aliphatic rings. The van der Waals surface area contributed by atoms with Gasteiger partial charge in [-0.1, -0.05) is 23.2 Å². The second kappa shape index (κ2) is 9.50. The van der Waals surface area contributed by atoms with Crippen molar-refractivity contribution in [2.75, 3.05) is 18.8 Å². The van der Waals surface area contributed by atoms with Crippen LogP contribution in [0.4, 0.5) is 5.69 Å². The first-order chi connectivity index (χ1) is 11.6. The first-order valence-corrected chi connectivity index (χ1v) is 9.94. The van der Waals surface area contributed by atoms with Gasteiger partial charge in [-0.15, -0.1) is 0 Å². The SMILES string of the molecule is C[S+](C)C.O=C([O-])c1cc(Oc2ccc(Cl)cc2Cl)ccc1[N+](=O)[O-]. The van der Waals surface area contributed by atoms with E-state index in [2.05, 4.69) is 18.8 Å². The average Bonchev–Trinajstić information content (AvgIpc) is 2.49. The molecular formula is C16H15Cl2NO5S. The third-order valence-electron chi connectivity index (χ3n) is 2.51. The Morgan fingerprint density at radius 2 is 1.72 bits per heavy atom. The Kier molecular flexibility index (Phi) is 8.02. The van der Waals surface area contributed by atoms with Crippen LogP contribution in [0.15, 0.2) is 36.4 Å². The molecule has 0 heterocycles. The highest BCUT2D eigenvalue weighted by atomic mass is 35.5. The van der Waals surface area contributed by atoms with E-state index in [9.17, 15) is 20.0 Å². The summed E-state index contributed by atoms with van der Waals surface area (Å²) in [7, 11) is 0.639. The molecule has 0 unspecified atom stereocenters. The molecule has 0 aromatic heterocycles. The third kappa shape index (κ3) is 6.81. The molecule has 9 heteroatoms. The van der Waals surface area contributed by atoms with Gasteiger partial charge in [-0.05, 0) is 41.2 Å². The Balaban J connectivity index is 0.000000705. The highest BCUT2D eigenvalue weighted by Gasteiger charge is 2.16. The van der Waals surface area contributed by atoms with Gasteiger partial charge < -0.3 is 14.6 Å². The molecule has 0 saturated carbocycles. The minimum Gasteiger partial charge on any atom is -0.545 e. The van der Waals surface area contributed by atoms with Gasteiger partial charge in [0.25, 0.3) is 5.69 Å². The first kappa shape index (κ1) is 21.1. The van der Waals surface area contributed by atoms with Crippen molar-refractivity contribution in [3.8, 4) is 11.5 Å². The fourth-order valence-electron chi connectivity index (χ4n) is 1.59. The lowest BCUT2D eigenvalue weighted by atomic mass is 10.1. The summed E-state index contributed by atoms with van der Waals surface area (Å²) in [6.45, 7) is 0. The third-order valence-corrected chi connectivity index (χ3v) is 3.04. The number of hydrogen-bond donors (Lipinski definition) is 0. The van der Waals surface area contributed by atoms with Crippen molar-refractivity contribution in [3.05, 3.63) is 62.1 Å². The highest BCUT2D eigenvalue weighted by molar-refractivity contribution is 7.94. The second-order valence-electron chi connectivity index (χ2n) is 5.13. The summed E-state index contributed by atoms with van der Waals surface area (Å²) in [5, 5.41) is 22.3. The largest absolute Gasteiger partial charge is 0.545 e. The molecule has 0 radical (unpaired) electrons. The van der Waals surface area contributed by atoms with Crippen LogP contribution in [0.1, 0.15) is 10.4 Å². The van der Waals surface area contributed by atoms with Crippen molar-refractivity contribution >= 4 is 45.8 Å². The lowest BCUT2D eigenvalue weighted by Gasteiger charge is -2.10. The number of carboxylic acid groups (broad SMARTS) is 1. The van der Waals surface area contributed by atoms with Crippen molar-refractivity contribution in [1.29, 1.82) is 0 Å². The topological polar surface area (TPSA) is 92.5 Å². The molecule has 0 N–H and O–H groups in total. The summed E-state index contributed by atoms with van der Waals surface area (Å²) in [5.74, 6) is -1.36. The molecule has 6 nitrogen and oxygen atoms in total. The van der Waals surface area contributed by atoms with Gasteiger partial charge in [0.1, 0.15) is 11.5 Å². The zero-order valence-electron chi connectivity index (χ0n) is 13.6. The molecular weight excluding hydrogens is 389 g/mol.